The number of benzene rings is 4. The molecule has 0 aliphatic carbocycles. The molecule has 1 unspecified atom stereocenters. The molecule has 1 aromatic heterocycles. The smallest absolute Gasteiger partial charge is 0.265 e. The van der Waals surface area contributed by atoms with E-state index in [1.807, 2.05) is 36.4 Å². The van der Waals surface area contributed by atoms with Crippen LogP contribution in [0.4, 0.5) is 5.95 Å². The van der Waals surface area contributed by atoms with E-state index in [0.29, 0.717) is 29.0 Å². The van der Waals surface area contributed by atoms with Gasteiger partial charge in [0.2, 0.25) is 5.95 Å². The predicted octanol–water partition coefficient (Wildman–Crippen LogP) is 7.03. The Labute approximate surface area is 309 Å². The molecule has 1 aliphatic heterocycles. The number of amides is 2. The van der Waals surface area contributed by atoms with Crippen LogP contribution in [0.3, 0.4) is 0 Å². The summed E-state index contributed by atoms with van der Waals surface area (Å²) in [7, 11) is -4.27. The molecule has 0 radical (unpaired) electrons. The van der Waals surface area contributed by atoms with Crippen LogP contribution in [0, 0.1) is 0 Å². The first-order valence-corrected chi connectivity index (χ1v) is 19.5. The molecule has 2 heterocycles. The van der Waals surface area contributed by atoms with Crippen molar-refractivity contribution >= 4 is 50.2 Å². The average molecular weight is 740 g/mol. The van der Waals surface area contributed by atoms with Crippen LogP contribution in [-0.2, 0) is 23.0 Å². The zero-order chi connectivity index (χ0) is 36.8. The van der Waals surface area contributed by atoms with E-state index in [-0.39, 0.29) is 34.2 Å². The lowest BCUT2D eigenvalue weighted by molar-refractivity contribution is 0.0545. The molecule has 2 amide bonds. The third-order valence-corrected chi connectivity index (χ3v) is 11.0. The highest BCUT2D eigenvalue weighted by molar-refractivity contribution is 7.90. The quantitative estimate of drug-likeness (QED) is 0.132. The highest BCUT2D eigenvalue weighted by atomic mass is 35.5. The molecule has 6 rings (SSSR count). The normalized spacial score (nSPS) is 14.2. The first-order chi connectivity index (χ1) is 25.1. The highest BCUT2D eigenvalue weighted by Gasteiger charge is 2.32. The number of fused-ring (bicyclic) bond motifs is 2. The molecular weight excluding hydrogens is 698 g/mol. The topological polar surface area (TPSA) is 133 Å². The van der Waals surface area contributed by atoms with Crippen molar-refractivity contribution in [3.8, 4) is 11.3 Å². The number of rotatable bonds is 13. The van der Waals surface area contributed by atoms with E-state index in [1.54, 1.807) is 29.2 Å². The molecule has 0 saturated heterocycles. The van der Waals surface area contributed by atoms with Gasteiger partial charge in [0.25, 0.3) is 21.8 Å². The third-order valence-electron chi connectivity index (χ3n) is 9.43. The van der Waals surface area contributed by atoms with E-state index in [0.717, 1.165) is 55.3 Å². The Morgan fingerprint density at radius 2 is 1.62 bits per heavy atom. The molecule has 10 nitrogen and oxygen atoms in total. The van der Waals surface area contributed by atoms with Crippen molar-refractivity contribution in [1.29, 1.82) is 0 Å². The molecule has 12 heteroatoms. The van der Waals surface area contributed by atoms with Crippen LogP contribution in [0.2, 0.25) is 5.02 Å². The number of carbonyl (C=O) groups is 2. The number of halogens is 1. The summed E-state index contributed by atoms with van der Waals surface area (Å²) in [6.45, 7) is 5.69. The van der Waals surface area contributed by atoms with Crippen LogP contribution < -0.4 is 9.62 Å². The summed E-state index contributed by atoms with van der Waals surface area (Å²) in [6.07, 6.45) is 5.84. The molecule has 2 N–H and O–H groups in total. The van der Waals surface area contributed by atoms with Crippen LogP contribution in [-0.4, -0.2) is 65.9 Å². The first-order valence-electron chi connectivity index (χ1n) is 17.6. The second kappa shape index (κ2) is 16.2. The van der Waals surface area contributed by atoms with E-state index >= 15 is 0 Å². The Kier molecular flexibility index (Phi) is 11.5. The minimum Gasteiger partial charge on any atom is -0.394 e. The maximum Gasteiger partial charge on any atom is 0.265 e. The summed E-state index contributed by atoms with van der Waals surface area (Å²) in [5.41, 5.74) is 2.69. The lowest BCUT2D eigenvalue weighted by Crippen LogP contribution is -2.46. The Bertz CT molecular complexity index is 2200. The Balaban J connectivity index is 1.41. The molecule has 1 atom stereocenters. The predicted molar refractivity (Wildman–Crippen MR) is 204 cm³/mol. The zero-order valence-electron chi connectivity index (χ0n) is 29.3. The number of aliphatic hydroxyl groups excluding tert-OH is 1. The number of aliphatic hydroxyl groups is 1. The summed E-state index contributed by atoms with van der Waals surface area (Å²) in [6, 6.07) is 23.6. The van der Waals surface area contributed by atoms with Crippen molar-refractivity contribution in [2.75, 3.05) is 24.6 Å². The molecule has 0 spiro atoms. The van der Waals surface area contributed by atoms with Gasteiger partial charge >= 0.3 is 0 Å². The van der Waals surface area contributed by atoms with Crippen LogP contribution in [0.5, 0.6) is 0 Å². The van der Waals surface area contributed by atoms with Gasteiger partial charge in [0.15, 0.2) is 0 Å². The van der Waals surface area contributed by atoms with E-state index in [4.69, 9.17) is 16.6 Å². The van der Waals surface area contributed by atoms with E-state index in [9.17, 15) is 23.1 Å². The van der Waals surface area contributed by atoms with E-state index in [2.05, 4.69) is 28.5 Å². The summed E-state index contributed by atoms with van der Waals surface area (Å²) >= 11 is 6.76. The van der Waals surface area contributed by atoms with Crippen LogP contribution in [0.15, 0.2) is 96.0 Å². The average Bonchev–Trinajstić information content (AvgIpc) is 3.16. The molecule has 270 valence electrons. The van der Waals surface area contributed by atoms with Crippen molar-refractivity contribution < 1.29 is 23.1 Å². The van der Waals surface area contributed by atoms with Gasteiger partial charge in [-0.1, -0.05) is 99.0 Å². The van der Waals surface area contributed by atoms with Crippen LogP contribution in [0.25, 0.3) is 22.0 Å². The highest BCUT2D eigenvalue weighted by Crippen LogP contribution is 2.34. The standard InChI is InChI=1S/C40H42ClN5O5S/c1-3-5-19-45(20-6-4-2)40-42-24-36(41)37(43-40)34-18-16-30(38(48)44-52(50,51)33-17-15-27-11-7-8-13-29(27)22-33)23-35(34)39(49)46-25-31-14-10-9-12-28(31)21-32(46)26-47/h7-18,22-24,32,47H,3-6,19-21,25-26H2,1-2H3,(H,44,48). The summed E-state index contributed by atoms with van der Waals surface area (Å²) in [5.74, 6) is -0.889. The van der Waals surface area contributed by atoms with Gasteiger partial charge in [0.05, 0.1) is 34.5 Å². The lowest BCUT2D eigenvalue weighted by Gasteiger charge is -2.36. The number of unbranched alkanes of at least 4 members (excludes halogenated alkanes) is 2. The minimum atomic E-state index is -4.27. The van der Waals surface area contributed by atoms with Gasteiger partial charge < -0.3 is 14.9 Å². The maximum absolute atomic E-state index is 14.7. The van der Waals surface area contributed by atoms with Gasteiger partial charge in [-0.15, -0.1) is 0 Å². The molecule has 0 bridgehead atoms. The Morgan fingerprint density at radius 3 is 2.33 bits per heavy atom. The summed E-state index contributed by atoms with van der Waals surface area (Å²) in [4.78, 5) is 41.4. The van der Waals surface area contributed by atoms with Gasteiger partial charge in [-0.2, -0.15) is 0 Å². The zero-order valence-corrected chi connectivity index (χ0v) is 30.8. The number of hydrogen-bond donors (Lipinski definition) is 2. The first kappa shape index (κ1) is 36.9. The number of anilines is 1. The number of nitrogens with one attached hydrogen (secondary N) is 1. The van der Waals surface area contributed by atoms with E-state index < -0.39 is 27.9 Å². The molecule has 5 aromatic rings. The van der Waals surface area contributed by atoms with Crippen molar-refractivity contribution in [2.24, 2.45) is 0 Å². The van der Waals surface area contributed by atoms with Crippen molar-refractivity contribution in [3.05, 3.63) is 118 Å². The maximum atomic E-state index is 14.7. The second-order valence-electron chi connectivity index (χ2n) is 13.0. The van der Waals surface area contributed by atoms with Gasteiger partial charge in [0, 0.05) is 36.3 Å². The second-order valence-corrected chi connectivity index (χ2v) is 15.1. The van der Waals surface area contributed by atoms with E-state index in [1.165, 1.54) is 30.5 Å². The minimum absolute atomic E-state index is 0.0488. The summed E-state index contributed by atoms with van der Waals surface area (Å²) in [5, 5.41) is 12.2. The fourth-order valence-corrected chi connectivity index (χ4v) is 7.70. The number of hydrogen-bond acceptors (Lipinski definition) is 8. The lowest BCUT2D eigenvalue weighted by atomic mass is 9.92. The van der Waals surface area contributed by atoms with Crippen LogP contribution in [0.1, 0.15) is 71.4 Å². The Hall–Kier alpha value is -4.84. The third kappa shape index (κ3) is 7.96. The number of aromatic nitrogens is 2. The molecule has 52 heavy (non-hydrogen) atoms. The van der Waals surface area contributed by atoms with Crippen molar-refractivity contribution in [2.45, 2.75) is 63.4 Å². The molecule has 4 aromatic carbocycles. The Morgan fingerprint density at radius 1 is 0.923 bits per heavy atom. The van der Waals surface area contributed by atoms with Crippen molar-refractivity contribution in [1.82, 2.24) is 19.6 Å². The van der Waals surface area contributed by atoms with Gasteiger partial charge in [-0.25, -0.2) is 23.1 Å². The van der Waals surface area contributed by atoms with Crippen LogP contribution >= 0.6 is 11.6 Å². The molecular formula is C40H42ClN5O5S. The van der Waals surface area contributed by atoms with Gasteiger partial charge in [-0.05, 0) is 65.4 Å². The molecule has 0 saturated carbocycles. The van der Waals surface area contributed by atoms with Gasteiger partial charge in [-0.3, -0.25) is 9.59 Å². The van der Waals surface area contributed by atoms with Crippen molar-refractivity contribution in [3.63, 3.8) is 0 Å². The molecule has 0 fully saturated rings. The summed E-state index contributed by atoms with van der Waals surface area (Å²) < 4.78 is 29.0. The van der Waals surface area contributed by atoms with Gasteiger partial charge in [0.1, 0.15) is 0 Å². The number of sulfonamides is 1. The SMILES string of the molecule is CCCCN(CCCC)c1ncc(Cl)c(-c2ccc(C(=O)NS(=O)(=O)c3ccc4ccccc4c3)cc2C(=O)N2Cc3ccccc3CC2CO)n1. The number of carbonyl (C=O) groups excluding carboxylic acids is 2. The monoisotopic (exact) mass is 739 g/mol. The molecule has 1 aliphatic rings. The fourth-order valence-electron chi connectivity index (χ4n) is 6.50. The largest absolute Gasteiger partial charge is 0.394 e. The number of nitrogens with zero attached hydrogens (tertiary/aromatic N) is 4. The fraction of sp³-hybridized carbons (Fsp3) is 0.300.